The van der Waals surface area contributed by atoms with Crippen molar-refractivity contribution in [1.82, 2.24) is 0 Å². The largest absolute Gasteiger partial charge is 0.504 e. The fourth-order valence-electron chi connectivity index (χ4n) is 1.28. The van der Waals surface area contributed by atoms with Gasteiger partial charge in [0, 0.05) is 5.56 Å². The second-order valence-corrected chi connectivity index (χ2v) is 4.22. The Morgan fingerprint density at radius 3 is 2.14 bits per heavy atom. The molecule has 0 bridgehead atoms. The highest BCUT2D eigenvalue weighted by molar-refractivity contribution is 5.56. The first kappa shape index (κ1) is 10.4. The van der Waals surface area contributed by atoms with E-state index in [2.05, 4.69) is 0 Å². The molecule has 3 nitrogen and oxygen atoms in total. The summed E-state index contributed by atoms with van der Waals surface area (Å²) in [5.41, 5.74) is 0.472. The van der Waals surface area contributed by atoms with Crippen LogP contribution in [0.3, 0.4) is 0 Å². The molecule has 1 aromatic rings. The first-order chi connectivity index (χ1) is 6.38. The van der Waals surface area contributed by atoms with Gasteiger partial charge in [0.2, 0.25) is 0 Å². The fraction of sp³-hybridized carbons (Fsp3) is 0.364. The minimum Gasteiger partial charge on any atom is -0.504 e. The van der Waals surface area contributed by atoms with Gasteiger partial charge in [0.1, 0.15) is 6.07 Å². The van der Waals surface area contributed by atoms with Crippen molar-refractivity contribution >= 4 is 0 Å². The lowest BCUT2D eigenvalue weighted by Gasteiger charge is -2.20. The molecule has 1 rings (SSSR count). The molecule has 3 heteroatoms. The Kier molecular flexibility index (Phi) is 2.39. The number of hydrogen-bond donors (Lipinski definition) is 2. The van der Waals surface area contributed by atoms with Crippen LogP contribution in [0.5, 0.6) is 11.5 Å². The highest BCUT2D eigenvalue weighted by atomic mass is 16.3. The third kappa shape index (κ3) is 1.64. The van der Waals surface area contributed by atoms with Gasteiger partial charge in [-0.15, -0.1) is 0 Å². The zero-order chi connectivity index (χ0) is 10.9. The van der Waals surface area contributed by atoms with Crippen molar-refractivity contribution in [2.24, 2.45) is 0 Å². The third-order valence-corrected chi connectivity index (χ3v) is 2.08. The van der Waals surface area contributed by atoms with Gasteiger partial charge in [-0.25, -0.2) is 0 Å². The van der Waals surface area contributed by atoms with Gasteiger partial charge in [0.15, 0.2) is 11.5 Å². The first-order valence-corrected chi connectivity index (χ1v) is 4.33. The number of phenols is 2. The van der Waals surface area contributed by atoms with Gasteiger partial charge in [-0.2, -0.15) is 5.26 Å². The predicted molar refractivity (Wildman–Crippen MR) is 53.2 cm³/mol. The maximum absolute atomic E-state index is 9.64. The quantitative estimate of drug-likeness (QED) is 0.618. The molecule has 14 heavy (non-hydrogen) atoms. The van der Waals surface area contributed by atoms with Crippen molar-refractivity contribution in [1.29, 1.82) is 5.26 Å². The van der Waals surface area contributed by atoms with Crippen LogP contribution in [0.25, 0.3) is 0 Å². The Hall–Kier alpha value is -1.69. The van der Waals surface area contributed by atoms with Gasteiger partial charge in [0.25, 0.3) is 0 Å². The van der Waals surface area contributed by atoms with E-state index >= 15 is 0 Å². The van der Waals surface area contributed by atoms with Gasteiger partial charge in [-0.1, -0.05) is 26.8 Å². The monoisotopic (exact) mass is 191 g/mol. The normalized spacial score (nSPS) is 11.0. The number of nitriles is 1. The molecule has 1 aromatic carbocycles. The molecule has 0 atom stereocenters. The highest BCUT2D eigenvalue weighted by Crippen LogP contribution is 2.38. The van der Waals surface area contributed by atoms with E-state index in [9.17, 15) is 10.2 Å². The molecule has 0 saturated carbocycles. The maximum atomic E-state index is 9.64. The van der Waals surface area contributed by atoms with Crippen LogP contribution >= 0.6 is 0 Å². The van der Waals surface area contributed by atoms with Crippen LogP contribution in [0, 0.1) is 11.3 Å². The second kappa shape index (κ2) is 3.22. The van der Waals surface area contributed by atoms with E-state index in [-0.39, 0.29) is 22.5 Å². The lowest BCUT2D eigenvalue weighted by atomic mass is 9.85. The molecule has 0 radical (unpaired) electrons. The second-order valence-electron chi connectivity index (χ2n) is 4.22. The Labute approximate surface area is 83.2 Å². The minimum atomic E-state index is -0.333. The summed E-state index contributed by atoms with van der Waals surface area (Å²) in [6, 6.07) is 4.97. The van der Waals surface area contributed by atoms with Gasteiger partial charge in [-0.3, -0.25) is 0 Å². The number of phenolic OH excluding ortho intramolecular Hbond substituents is 2. The molecule has 0 aliphatic carbocycles. The van der Waals surface area contributed by atoms with Crippen molar-refractivity contribution in [3.63, 3.8) is 0 Å². The van der Waals surface area contributed by atoms with E-state index in [1.807, 2.05) is 20.8 Å². The third-order valence-electron chi connectivity index (χ3n) is 2.08. The molecule has 0 heterocycles. The molecule has 0 spiro atoms. The smallest absolute Gasteiger partial charge is 0.175 e. The molecule has 0 aliphatic rings. The van der Waals surface area contributed by atoms with Crippen molar-refractivity contribution < 1.29 is 10.2 Å². The van der Waals surface area contributed by atoms with Crippen LogP contribution in [0.1, 0.15) is 31.9 Å². The number of hydrogen-bond acceptors (Lipinski definition) is 3. The summed E-state index contributed by atoms with van der Waals surface area (Å²) in [5.74, 6) is -0.531. The van der Waals surface area contributed by atoms with Crippen molar-refractivity contribution in [3.05, 3.63) is 23.3 Å². The van der Waals surface area contributed by atoms with Crippen LogP contribution in [-0.4, -0.2) is 10.2 Å². The predicted octanol–water partition coefficient (Wildman–Crippen LogP) is 2.27. The zero-order valence-electron chi connectivity index (χ0n) is 8.50. The summed E-state index contributed by atoms with van der Waals surface area (Å²) < 4.78 is 0. The zero-order valence-corrected chi connectivity index (χ0v) is 8.50. The summed E-state index contributed by atoms with van der Waals surface area (Å²) in [5, 5.41) is 27.7. The summed E-state index contributed by atoms with van der Waals surface area (Å²) >= 11 is 0. The van der Waals surface area contributed by atoms with Gasteiger partial charge >= 0.3 is 0 Å². The van der Waals surface area contributed by atoms with Crippen LogP contribution < -0.4 is 0 Å². The van der Waals surface area contributed by atoms with E-state index in [1.165, 1.54) is 6.07 Å². The van der Waals surface area contributed by atoms with E-state index in [1.54, 1.807) is 12.1 Å². The standard InChI is InChI=1S/C11H13NO2/c1-11(2,3)8-5-4-7(6-12)9(13)10(8)14/h4-5,13-14H,1-3H3. The van der Waals surface area contributed by atoms with Gasteiger partial charge in [0.05, 0.1) is 5.56 Å². The molecule has 74 valence electrons. The summed E-state index contributed by atoms with van der Waals surface area (Å²) in [6.07, 6.45) is 0. The van der Waals surface area contributed by atoms with Gasteiger partial charge in [-0.05, 0) is 11.5 Å². The molecule has 0 unspecified atom stereocenters. The number of aromatic hydroxyl groups is 2. The van der Waals surface area contributed by atoms with Crippen LogP contribution in [-0.2, 0) is 5.41 Å². The molecule has 0 fully saturated rings. The Morgan fingerprint density at radius 1 is 1.14 bits per heavy atom. The summed E-state index contributed by atoms with van der Waals surface area (Å²) in [7, 11) is 0. The van der Waals surface area contributed by atoms with Crippen molar-refractivity contribution in [2.75, 3.05) is 0 Å². The average Bonchev–Trinajstić information content (AvgIpc) is 2.07. The molecular formula is C11H13NO2. The Balaban J connectivity index is 3.41. The topological polar surface area (TPSA) is 64.2 Å². The lowest BCUT2D eigenvalue weighted by Crippen LogP contribution is -2.11. The van der Waals surface area contributed by atoms with Crippen LogP contribution in [0.15, 0.2) is 12.1 Å². The molecule has 0 amide bonds. The molecule has 2 N–H and O–H groups in total. The average molecular weight is 191 g/mol. The van der Waals surface area contributed by atoms with Gasteiger partial charge < -0.3 is 10.2 Å². The first-order valence-electron chi connectivity index (χ1n) is 4.33. The van der Waals surface area contributed by atoms with E-state index in [0.29, 0.717) is 5.56 Å². The maximum Gasteiger partial charge on any atom is 0.175 e. The summed E-state index contributed by atoms with van der Waals surface area (Å²) in [6.45, 7) is 5.77. The van der Waals surface area contributed by atoms with E-state index in [4.69, 9.17) is 5.26 Å². The number of benzene rings is 1. The van der Waals surface area contributed by atoms with E-state index < -0.39 is 0 Å². The minimum absolute atomic E-state index is 0.0931. The van der Waals surface area contributed by atoms with Crippen molar-refractivity contribution in [3.8, 4) is 17.6 Å². The molecular weight excluding hydrogens is 178 g/mol. The lowest BCUT2D eigenvalue weighted by molar-refractivity contribution is 0.388. The van der Waals surface area contributed by atoms with Crippen molar-refractivity contribution in [2.45, 2.75) is 26.2 Å². The molecule has 0 aliphatic heterocycles. The fourth-order valence-corrected chi connectivity index (χ4v) is 1.28. The molecule has 0 aromatic heterocycles. The SMILES string of the molecule is CC(C)(C)c1ccc(C#N)c(O)c1O. The van der Waals surface area contributed by atoms with E-state index in [0.717, 1.165) is 0 Å². The Bertz CT molecular complexity index is 397. The highest BCUT2D eigenvalue weighted by Gasteiger charge is 2.21. The van der Waals surface area contributed by atoms with Crippen LogP contribution in [0.2, 0.25) is 0 Å². The number of nitrogens with zero attached hydrogens (tertiary/aromatic N) is 1. The summed E-state index contributed by atoms with van der Waals surface area (Å²) in [4.78, 5) is 0. The van der Waals surface area contributed by atoms with Crippen LogP contribution in [0.4, 0.5) is 0 Å². The Morgan fingerprint density at radius 2 is 1.71 bits per heavy atom. The number of rotatable bonds is 0. The molecule has 0 saturated heterocycles.